The summed E-state index contributed by atoms with van der Waals surface area (Å²) < 4.78 is 26.1. The average molecular weight is 265 g/mol. The Morgan fingerprint density at radius 2 is 2.33 bits per heavy atom. The lowest BCUT2D eigenvalue weighted by atomic mass is 10.5. The molecule has 0 amide bonds. The minimum atomic E-state index is -3.52. The molecule has 7 heteroatoms. The lowest BCUT2D eigenvalue weighted by molar-refractivity contribution is 0.584. The topological polar surface area (TPSA) is 59.1 Å². The van der Waals surface area contributed by atoms with Crippen LogP contribution in [-0.4, -0.2) is 19.9 Å². The number of sulfonamides is 1. The number of halogens is 1. The van der Waals surface area contributed by atoms with Crippen molar-refractivity contribution >= 4 is 33.0 Å². The van der Waals surface area contributed by atoms with Crippen LogP contribution in [0.1, 0.15) is 12.1 Å². The molecule has 1 rings (SSSR count). The van der Waals surface area contributed by atoms with Gasteiger partial charge in [-0.3, -0.25) is 0 Å². The van der Waals surface area contributed by atoms with E-state index in [1.54, 1.807) is 6.92 Å². The average Bonchev–Trinajstić information content (AvgIpc) is 2.46. The van der Waals surface area contributed by atoms with Gasteiger partial charge in [0.05, 0.1) is 5.69 Å². The molecule has 0 radical (unpaired) electrons. The predicted octanol–water partition coefficient (Wildman–Crippen LogP) is 1.41. The third-order valence-corrected chi connectivity index (χ3v) is 4.87. The van der Waals surface area contributed by atoms with Gasteiger partial charge in [0.1, 0.15) is 0 Å². The molecule has 0 aliphatic carbocycles. The van der Waals surface area contributed by atoms with Gasteiger partial charge >= 0.3 is 0 Å². The molecule has 4 nitrogen and oxygen atoms in total. The van der Waals surface area contributed by atoms with E-state index in [1.807, 2.05) is 0 Å². The second-order valence-electron chi connectivity index (χ2n) is 2.69. The van der Waals surface area contributed by atoms with Crippen molar-refractivity contribution in [3.05, 3.63) is 10.2 Å². The number of terminal acetylenes is 1. The van der Waals surface area contributed by atoms with Crippen molar-refractivity contribution in [2.45, 2.75) is 17.6 Å². The van der Waals surface area contributed by atoms with Crippen LogP contribution in [0.25, 0.3) is 0 Å². The molecular formula is C8H9ClN2O2S2. The van der Waals surface area contributed by atoms with E-state index >= 15 is 0 Å². The first-order valence-electron chi connectivity index (χ1n) is 4.03. The number of aryl methyl sites for hydroxylation is 1. The van der Waals surface area contributed by atoms with Crippen LogP contribution >= 0.6 is 22.9 Å². The third-order valence-electron chi connectivity index (χ3n) is 1.53. The number of nitrogens with zero attached hydrogens (tertiary/aromatic N) is 1. The van der Waals surface area contributed by atoms with Crippen molar-refractivity contribution < 1.29 is 8.42 Å². The van der Waals surface area contributed by atoms with Gasteiger partial charge in [0.15, 0.2) is 8.68 Å². The Morgan fingerprint density at radius 3 is 2.80 bits per heavy atom. The molecule has 0 aliphatic rings. The van der Waals surface area contributed by atoms with Crippen LogP contribution in [0.2, 0.25) is 4.47 Å². The first kappa shape index (κ1) is 12.5. The summed E-state index contributed by atoms with van der Waals surface area (Å²) in [5.41, 5.74) is 0.401. The van der Waals surface area contributed by atoms with Crippen LogP contribution in [0.3, 0.4) is 0 Å². The van der Waals surface area contributed by atoms with Crippen molar-refractivity contribution in [1.82, 2.24) is 9.71 Å². The molecule has 1 heterocycles. The zero-order valence-electron chi connectivity index (χ0n) is 7.95. The predicted molar refractivity (Wildman–Crippen MR) is 60.5 cm³/mol. The summed E-state index contributed by atoms with van der Waals surface area (Å²) in [6.45, 7) is 1.81. The Bertz CT molecular complexity index is 487. The zero-order chi connectivity index (χ0) is 11.5. The summed E-state index contributed by atoms with van der Waals surface area (Å²) in [4.78, 5) is 3.83. The maximum absolute atomic E-state index is 11.7. The normalized spacial score (nSPS) is 11.3. The molecule has 82 valence electrons. The van der Waals surface area contributed by atoms with Gasteiger partial charge in [0.25, 0.3) is 10.0 Å². The number of aromatic nitrogens is 1. The number of rotatable bonds is 4. The van der Waals surface area contributed by atoms with E-state index in [1.165, 1.54) is 0 Å². The van der Waals surface area contributed by atoms with Gasteiger partial charge in [-0.05, 0) is 6.92 Å². The number of nitrogens with one attached hydrogen (secondary N) is 1. The standard InChI is InChI=1S/C8H9ClN2O2S2/c1-3-4-5-10-15(12,13)7-6(2)11-8(9)14-7/h1,10H,4-5H2,2H3. The number of thiazole rings is 1. The van der Waals surface area contributed by atoms with Crippen molar-refractivity contribution in [2.75, 3.05) is 6.54 Å². The van der Waals surface area contributed by atoms with Crippen molar-refractivity contribution in [2.24, 2.45) is 0 Å². The van der Waals surface area contributed by atoms with Crippen molar-refractivity contribution in [1.29, 1.82) is 0 Å². The highest BCUT2D eigenvalue weighted by molar-refractivity contribution is 7.91. The third kappa shape index (κ3) is 3.18. The van der Waals surface area contributed by atoms with Gasteiger partial charge < -0.3 is 0 Å². The molecule has 0 aliphatic heterocycles. The minimum Gasteiger partial charge on any atom is -0.229 e. The van der Waals surface area contributed by atoms with Crippen LogP contribution in [0.5, 0.6) is 0 Å². The molecule has 0 unspecified atom stereocenters. The molecule has 1 aromatic rings. The first-order chi connectivity index (χ1) is 6.97. The van der Waals surface area contributed by atoms with Gasteiger partial charge in [-0.25, -0.2) is 18.1 Å². The Morgan fingerprint density at radius 1 is 1.67 bits per heavy atom. The van der Waals surface area contributed by atoms with Crippen molar-refractivity contribution in [3.63, 3.8) is 0 Å². The van der Waals surface area contributed by atoms with E-state index in [0.717, 1.165) is 11.3 Å². The SMILES string of the molecule is C#CCCNS(=O)(=O)c1sc(Cl)nc1C. The summed E-state index contributed by atoms with van der Waals surface area (Å²) in [6, 6.07) is 0. The van der Waals surface area contributed by atoms with E-state index in [2.05, 4.69) is 15.6 Å². The Balaban J connectivity index is 2.87. The van der Waals surface area contributed by atoms with Gasteiger partial charge in [-0.2, -0.15) is 0 Å². The van der Waals surface area contributed by atoms with Crippen LogP contribution in [-0.2, 0) is 10.0 Å². The van der Waals surface area contributed by atoms with E-state index in [4.69, 9.17) is 18.0 Å². The molecule has 0 saturated heterocycles. The number of hydrogen-bond acceptors (Lipinski definition) is 4. The van der Waals surface area contributed by atoms with Crippen LogP contribution < -0.4 is 4.72 Å². The molecule has 15 heavy (non-hydrogen) atoms. The highest BCUT2D eigenvalue weighted by Gasteiger charge is 2.20. The fourth-order valence-corrected chi connectivity index (χ4v) is 3.74. The summed E-state index contributed by atoms with van der Waals surface area (Å²) in [5.74, 6) is 2.35. The number of hydrogen-bond donors (Lipinski definition) is 1. The Kier molecular flexibility index (Phi) is 4.11. The molecule has 1 N–H and O–H groups in total. The largest absolute Gasteiger partial charge is 0.252 e. The molecule has 0 fully saturated rings. The summed E-state index contributed by atoms with van der Waals surface area (Å²) >= 11 is 6.55. The smallest absolute Gasteiger partial charge is 0.229 e. The molecule has 0 atom stereocenters. The molecular weight excluding hydrogens is 256 g/mol. The van der Waals surface area contributed by atoms with Crippen LogP contribution in [0.15, 0.2) is 4.21 Å². The zero-order valence-corrected chi connectivity index (χ0v) is 10.3. The molecule has 0 saturated carbocycles. The maximum Gasteiger partial charge on any atom is 0.252 e. The first-order valence-corrected chi connectivity index (χ1v) is 6.71. The highest BCUT2D eigenvalue weighted by Crippen LogP contribution is 2.26. The van der Waals surface area contributed by atoms with Crippen LogP contribution in [0, 0.1) is 19.3 Å². The minimum absolute atomic E-state index is 0.143. The maximum atomic E-state index is 11.7. The lowest BCUT2D eigenvalue weighted by Crippen LogP contribution is -2.24. The monoisotopic (exact) mass is 264 g/mol. The summed E-state index contributed by atoms with van der Waals surface area (Å²) in [6.07, 6.45) is 5.37. The summed E-state index contributed by atoms with van der Waals surface area (Å²) in [7, 11) is -3.52. The highest BCUT2D eigenvalue weighted by atomic mass is 35.5. The quantitative estimate of drug-likeness (QED) is 0.661. The van der Waals surface area contributed by atoms with Gasteiger partial charge in [0, 0.05) is 13.0 Å². The van der Waals surface area contributed by atoms with E-state index in [0.29, 0.717) is 12.1 Å². The lowest BCUT2D eigenvalue weighted by Gasteiger charge is -2.02. The van der Waals surface area contributed by atoms with Gasteiger partial charge in [-0.15, -0.1) is 12.3 Å². The fraction of sp³-hybridized carbons (Fsp3) is 0.375. The second kappa shape index (κ2) is 4.94. The Hall–Kier alpha value is -0.610. The van der Waals surface area contributed by atoms with E-state index in [-0.39, 0.29) is 15.2 Å². The molecule has 0 bridgehead atoms. The fourth-order valence-electron chi connectivity index (χ4n) is 0.923. The summed E-state index contributed by atoms with van der Waals surface area (Å²) in [5, 5.41) is 0. The van der Waals surface area contributed by atoms with E-state index in [9.17, 15) is 8.42 Å². The second-order valence-corrected chi connectivity index (χ2v) is 6.23. The Labute approximate surface area is 97.7 Å². The van der Waals surface area contributed by atoms with Gasteiger partial charge in [0.2, 0.25) is 0 Å². The van der Waals surface area contributed by atoms with Crippen molar-refractivity contribution in [3.8, 4) is 12.3 Å². The molecule has 0 spiro atoms. The van der Waals surface area contributed by atoms with E-state index < -0.39 is 10.0 Å². The van der Waals surface area contributed by atoms with Gasteiger partial charge in [-0.1, -0.05) is 22.9 Å². The van der Waals surface area contributed by atoms with Crippen LogP contribution in [0.4, 0.5) is 0 Å². The molecule has 0 aromatic carbocycles. The molecule has 1 aromatic heterocycles.